The zero-order valence-electron chi connectivity index (χ0n) is 23.4. The number of esters is 1. The van der Waals surface area contributed by atoms with Crippen LogP contribution in [0.25, 0.3) is 17.4 Å². The van der Waals surface area contributed by atoms with Crippen molar-refractivity contribution in [2.24, 2.45) is 4.99 Å². The Balaban J connectivity index is 1.70. The molecule has 1 atom stereocenters. The van der Waals surface area contributed by atoms with Crippen LogP contribution in [0.1, 0.15) is 54.4 Å². The number of hydrogen-bond acceptors (Lipinski definition) is 8. The number of hydrogen-bond donors (Lipinski definition) is 1. The highest BCUT2D eigenvalue weighted by Crippen LogP contribution is 2.38. The molecule has 0 saturated carbocycles. The van der Waals surface area contributed by atoms with E-state index in [1.807, 2.05) is 6.92 Å². The first kappa shape index (κ1) is 30.3. The van der Waals surface area contributed by atoms with Crippen LogP contribution < -0.4 is 19.6 Å². The third-order valence-corrected chi connectivity index (χ3v) is 8.31. The van der Waals surface area contributed by atoms with Crippen molar-refractivity contribution in [2.75, 3.05) is 13.7 Å². The number of halogens is 2. The second kappa shape index (κ2) is 12.6. The van der Waals surface area contributed by atoms with Crippen LogP contribution in [0.5, 0.6) is 5.75 Å². The summed E-state index contributed by atoms with van der Waals surface area (Å²) in [4.78, 5) is 44.0. The number of carboxylic acid groups (broad SMARTS) is 1. The van der Waals surface area contributed by atoms with E-state index in [0.29, 0.717) is 66.3 Å². The van der Waals surface area contributed by atoms with Crippen molar-refractivity contribution in [2.45, 2.75) is 32.7 Å². The topological polar surface area (TPSA) is 120 Å². The van der Waals surface area contributed by atoms with E-state index in [-0.39, 0.29) is 17.7 Å². The van der Waals surface area contributed by atoms with Crippen molar-refractivity contribution in [3.05, 3.63) is 106 Å². The number of nitrogens with zero attached hydrogens (tertiary/aromatic N) is 2. The number of carbonyl (C=O) groups excluding carboxylic acids is 1. The smallest absolute Gasteiger partial charge is 0.338 e. The molecule has 1 N–H and O–H groups in total. The Morgan fingerprint density at radius 2 is 1.93 bits per heavy atom. The van der Waals surface area contributed by atoms with E-state index < -0.39 is 23.5 Å². The van der Waals surface area contributed by atoms with Gasteiger partial charge in [-0.3, -0.25) is 9.36 Å². The number of carbonyl (C=O) groups is 2. The highest BCUT2D eigenvalue weighted by molar-refractivity contribution is 7.07. The van der Waals surface area contributed by atoms with E-state index in [4.69, 9.17) is 42.1 Å². The number of thiazole rings is 1. The molecule has 0 radical (unpaired) electrons. The standard InChI is InChI=1S/C31H26Cl2N2O7S/c1-4-6-22-26(30(39)41-5-2)27(20-14-17(32)8-11-23(20)40-3)35-28(36)25(43-31(35)34-22)15-18-9-12-24(42-18)19-13-16(29(37)38)7-10-21(19)33/h7-15,27H,4-6H2,1-3H3,(H,37,38)/b25-15+/t27-/m1/s1. The van der Waals surface area contributed by atoms with Crippen molar-refractivity contribution in [1.29, 1.82) is 0 Å². The summed E-state index contributed by atoms with van der Waals surface area (Å²) < 4.78 is 18.8. The van der Waals surface area contributed by atoms with Crippen LogP contribution in [0.2, 0.25) is 10.0 Å². The molecule has 0 spiro atoms. The third kappa shape index (κ3) is 5.90. The number of allylic oxidation sites excluding steroid dienone is 1. The van der Waals surface area contributed by atoms with Crippen molar-refractivity contribution in [1.82, 2.24) is 4.57 Å². The quantitative estimate of drug-likeness (QED) is 0.228. The zero-order chi connectivity index (χ0) is 30.8. The minimum Gasteiger partial charge on any atom is -0.496 e. The lowest BCUT2D eigenvalue weighted by atomic mass is 9.93. The number of fused-ring (bicyclic) bond motifs is 1. The molecular formula is C31H26Cl2N2O7S. The molecule has 2 aromatic heterocycles. The Bertz CT molecular complexity index is 1950. The molecule has 5 rings (SSSR count). The summed E-state index contributed by atoms with van der Waals surface area (Å²) >= 11 is 13.9. The van der Waals surface area contributed by atoms with Crippen molar-refractivity contribution in [3.8, 4) is 17.1 Å². The number of methoxy groups -OCH3 is 1. The minimum atomic E-state index is -1.10. The largest absolute Gasteiger partial charge is 0.496 e. The van der Waals surface area contributed by atoms with Gasteiger partial charge in [0.25, 0.3) is 5.56 Å². The highest BCUT2D eigenvalue weighted by atomic mass is 35.5. The van der Waals surface area contributed by atoms with E-state index in [1.54, 1.807) is 43.3 Å². The van der Waals surface area contributed by atoms with Crippen molar-refractivity contribution < 1.29 is 28.6 Å². The molecule has 222 valence electrons. The first-order chi connectivity index (χ1) is 20.7. The Morgan fingerprint density at radius 3 is 2.63 bits per heavy atom. The maximum Gasteiger partial charge on any atom is 0.338 e. The molecule has 9 nitrogen and oxygen atoms in total. The van der Waals surface area contributed by atoms with Crippen molar-refractivity contribution in [3.63, 3.8) is 0 Å². The van der Waals surface area contributed by atoms with E-state index in [1.165, 1.54) is 29.9 Å². The maximum absolute atomic E-state index is 14.0. The fourth-order valence-corrected chi connectivity index (χ4v) is 6.28. The fraction of sp³-hybridized carbons (Fsp3) is 0.226. The van der Waals surface area contributed by atoms with Gasteiger partial charge in [-0.25, -0.2) is 14.6 Å². The first-order valence-corrected chi connectivity index (χ1v) is 14.9. The Morgan fingerprint density at radius 1 is 1.14 bits per heavy atom. The summed E-state index contributed by atoms with van der Waals surface area (Å²) in [5.74, 6) is -0.552. The molecule has 43 heavy (non-hydrogen) atoms. The average Bonchev–Trinajstić information content (AvgIpc) is 3.56. The minimum absolute atomic E-state index is 0.0578. The number of carboxylic acids is 1. The lowest BCUT2D eigenvalue weighted by Gasteiger charge is -2.27. The van der Waals surface area contributed by atoms with Gasteiger partial charge in [0.15, 0.2) is 4.80 Å². The van der Waals surface area contributed by atoms with Crippen LogP contribution in [0, 0.1) is 0 Å². The molecule has 12 heteroatoms. The van der Waals surface area contributed by atoms with Gasteiger partial charge in [0.1, 0.15) is 23.3 Å². The van der Waals surface area contributed by atoms with Gasteiger partial charge in [-0.1, -0.05) is 47.9 Å². The van der Waals surface area contributed by atoms with E-state index in [0.717, 1.165) is 11.3 Å². The predicted octanol–water partition coefficient (Wildman–Crippen LogP) is 5.85. The van der Waals surface area contributed by atoms with Crippen LogP contribution >= 0.6 is 34.5 Å². The molecule has 0 aliphatic carbocycles. The van der Waals surface area contributed by atoms with Crippen LogP contribution in [-0.2, 0) is 9.53 Å². The summed E-state index contributed by atoms with van der Waals surface area (Å²) in [7, 11) is 1.50. The molecule has 3 heterocycles. The number of aromatic carboxylic acids is 1. The van der Waals surface area contributed by atoms with Crippen LogP contribution in [0.3, 0.4) is 0 Å². The molecule has 4 aromatic rings. The number of rotatable bonds is 9. The van der Waals surface area contributed by atoms with Crippen LogP contribution in [-0.4, -0.2) is 35.3 Å². The molecule has 0 saturated heterocycles. The lowest BCUT2D eigenvalue weighted by molar-refractivity contribution is -0.139. The average molecular weight is 642 g/mol. The summed E-state index contributed by atoms with van der Waals surface area (Å²) in [5, 5.41) is 10.1. The van der Waals surface area contributed by atoms with Gasteiger partial charge in [-0.05, 0) is 61.9 Å². The lowest BCUT2D eigenvalue weighted by Crippen LogP contribution is -2.40. The third-order valence-electron chi connectivity index (χ3n) is 6.76. The maximum atomic E-state index is 14.0. The van der Waals surface area contributed by atoms with E-state index in [2.05, 4.69) is 0 Å². The predicted molar refractivity (Wildman–Crippen MR) is 164 cm³/mol. The number of furan rings is 1. The number of ether oxygens (including phenoxy) is 2. The highest BCUT2D eigenvalue weighted by Gasteiger charge is 2.36. The Labute approximate surface area is 259 Å². The summed E-state index contributed by atoms with van der Waals surface area (Å²) in [6.45, 7) is 3.83. The molecule has 0 unspecified atom stereocenters. The van der Waals surface area contributed by atoms with E-state index >= 15 is 0 Å². The Hall–Kier alpha value is -4.12. The van der Waals surface area contributed by atoms with Gasteiger partial charge in [0.05, 0.1) is 40.1 Å². The molecule has 1 aliphatic heterocycles. The van der Waals surface area contributed by atoms with Gasteiger partial charge >= 0.3 is 11.9 Å². The molecular weight excluding hydrogens is 615 g/mol. The molecule has 1 aliphatic rings. The van der Waals surface area contributed by atoms with Crippen molar-refractivity contribution >= 4 is 52.6 Å². The second-order valence-electron chi connectivity index (χ2n) is 9.50. The molecule has 0 bridgehead atoms. The summed E-state index contributed by atoms with van der Waals surface area (Å²) in [6.07, 6.45) is 2.76. The molecule has 2 aromatic carbocycles. The number of benzene rings is 2. The SMILES string of the molecule is CCCC1=C(C(=O)OCC)[C@@H](c2cc(Cl)ccc2OC)n2c(s/c(=C/c3ccc(-c4cc(C(=O)O)ccc4Cl)o3)c2=O)=N1. The van der Waals surface area contributed by atoms with Crippen LogP contribution in [0.15, 0.2) is 74.0 Å². The van der Waals surface area contributed by atoms with Gasteiger partial charge in [0, 0.05) is 22.2 Å². The molecule has 0 fully saturated rings. The monoisotopic (exact) mass is 640 g/mol. The first-order valence-electron chi connectivity index (χ1n) is 13.3. The normalized spacial score (nSPS) is 14.8. The van der Waals surface area contributed by atoms with E-state index in [9.17, 15) is 19.5 Å². The fourth-order valence-electron chi connectivity index (χ4n) is 4.89. The summed E-state index contributed by atoms with van der Waals surface area (Å²) in [5.41, 5.74) is 1.34. The van der Waals surface area contributed by atoms with Gasteiger partial charge < -0.3 is 19.0 Å². The Kier molecular flexibility index (Phi) is 8.91. The van der Waals surface area contributed by atoms with Gasteiger partial charge in [-0.15, -0.1) is 0 Å². The molecule has 0 amide bonds. The summed E-state index contributed by atoms with van der Waals surface area (Å²) in [6, 6.07) is 11.7. The van der Waals surface area contributed by atoms with Gasteiger partial charge in [-0.2, -0.15) is 0 Å². The van der Waals surface area contributed by atoms with Gasteiger partial charge in [0.2, 0.25) is 0 Å². The zero-order valence-corrected chi connectivity index (χ0v) is 25.7. The number of aromatic nitrogens is 1. The van der Waals surface area contributed by atoms with Crippen LogP contribution in [0.4, 0.5) is 0 Å². The second-order valence-corrected chi connectivity index (χ2v) is 11.4.